The predicted octanol–water partition coefficient (Wildman–Crippen LogP) is 3.46. The summed E-state index contributed by atoms with van der Waals surface area (Å²) in [4.78, 5) is 19.8. The highest BCUT2D eigenvalue weighted by Crippen LogP contribution is 2.26. The Morgan fingerprint density at radius 2 is 2.04 bits per heavy atom. The van der Waals surface area contributed by atoms with Crippen molar-refractivity contribution in [2.75, 3.05) is 23.3 Å². The van der Waals surface area contributed by atoms with Gasteiger partial charge in [-0.15, -0.1) is 21.5 Å². The van der Waals surface area contributed by atoms with Gasteiger partial charge < -0.3 is 10.2 Å². The van der Waals surface area contributed by atoms with Crippen LogP contribution < -0.4 is 10.2 Å². The van der Waals surface area contributed by atoms with Crippen LogP contribution in [0.4, 0.5) is 11.5 Å². The number of piperidine rings is 1. The number of hydrogen-bond donors (Lipinski definition) is 1. The highest BCUT2D eigenvalue weighted by Gasteiger charge is 2.26. The summed E-state index contributed by atoms with van der Waals surface area (Å²) in [6.07, 6.45) is 5.19. The lowest BCUT2D eigenvalue weighted by Crippen LogP contribution is -2.41. The van der Waals surface area contributed by atoms with E-state index in [2.05, 4.69) is 25.4 Å². The molecule has 132 valence electrons. The second-order valence-corrected chi connectivity index (χ2v) is 7.21. The SMILES string of the molecule is O=C(Nc1ccncc1)C1CCCN(c2ccc(-c3cccs3)nn2)C1. The first kappa shape index (κ1) is 16.7. The number of carbonyl (C=O) groups excluding carboxylic acids is 1. The van der Waals surface area contributed by atoms with E-state index in [-0.39, 0.29) is 11.8 Å². The first-order chi connectivity index (χ1) is 12.8. The van der Waals surface area contributed by atoms with Crippen molar-refractivity contribution < 1.29 is 4.79 Å². The largest absolute Gasteiger partial charge is 0.354 e. The van der Waals surface area contributed by atoms with Gasteiger partial charge in [0.2, 0.25) is 5.91 Å². The van der Waals surface area contributed by atoms with Crippen molar-refractivity contribution >= 4 is 28.7 Å². The molecule has 1 unspecified atom stereocenters. The topological polar surface area (TPSA) is 71.0 Å². The van der Waals surface area contributed by atoms with Gasteiger partial charge in [0.25, 0.3) is 0 Å². The number of amides is 1. The van der Waals surface area contributed by atoms with E-state index >= 15 is 0 Å². The number of rotatable bonds is 4. The van der Waals surface area contributed by atoms with E-state index in [0.29, 0.717) is 6.54 Å². The standard InChI is InChI=1S/C19H19N5OS/c25-19(21-15-7-9-20-10-8-15)14-3-1-11-24(13-14)18-6-5-16(22-23-18)17-4-2-12-26-17/h2,4-10,12,14H,1,3,11,13H2,(H,20,21,25). The van der Waals surface area contributed by atoms with Crippen molar-refractivity contribution in [1.82, 2.24) is 15.2 Å². The normalized spacial score (nSPS) is 17.1. The molecule has 1 atom stereocenters. The number of nitrogens with one attached hydrogen (secondary N) is 1. The third kappa shape index (κ3) is 3.72. The van der Waals surface area contributed by atoms with E-state index in [1.807, 2.05) is 29.6 Å². The molecule has 1 saturated heterocycles. The molecule has 0 spiro atoms. The number of hydrogen-bond acceptors (Lipinski definition) is 6. The molecule has 7 heteroatoms. The Hall–Kier alpha value is -2.80. The van der Waals surface area contributed by atoms with Gasteiger partial charge in [-0.25, -0.2) is 0 Å². The van der Waals surface area contributed by atoms with Crippen LogP contribution in [0.25, 0.3) is 10.6 Å². The number of nitrogens with zero attached hydrogens (tertiary/aromatic N) is 4. The Morgan fingerprint density at radius 3 is 2.77 bits per heavy atom. The molecule has 1 fully saturated rings. The molecule has 0 radical (unpaired) electrons. The van der Waals surface area contributed by atoms with Crippen molar-refractivity contribution in [3.63, 3.8) is 0 Å². The fourth-order valence-electron chi connectivity index (χ4n) is 3.13. The maximum atomic E-state index is 12.6. The minimum absolute atomic E-state index is 0.0454. The second kappa shape index (κ2) is 7.61. The van der Waals surface area contributed by atoms with Crippen LogP contribution in [0.5, 0.6) is 0 Å². The molecule has 1 aliphatic heterocycles. The lowest BCUT2D eigenvalue weighted by Gasteiger charge is -2.32. The summed E-state index contributed by atoms with van der Waals surface area (Å²) in [6, 6.07) is 11.6. The summed E-state index contributed by atoms with van der Waals surface area (Å²) in [7, 11) is 0. The molecule has 0 bridgehead atoms. The minimum atomic E-state index is -0.0595. The molecule has 1 aliphatic rings. The van der Waals surface area contributed by atoms with E-state index in [1.165, 1.54) is 0 Å². The van der Waals surface area contributed by atoms with Crippen molar-refractivity contribution in [2.24, 2.45) is 5.92 Å². The predicted molar refractivity (Wildman–Crippen MR) is 103 cm³/mol. The lowest BCUT2D eigenvalue weighted by atomic mass is 9.97. The minimum Gasteiger partial charge on any atom is -0.354 e. The van der Waals surface area contributed by atoms with Gasteiger partial charge in [-0.05, 0) is 48.6 Å². The average molecular weight is 365 g/mol. The molecular weight excluding hydrogens is 346 g/mol. The van der Waals surface area contributed by atoms with Crippen LogP contribution in [0, 0.1) is 5.92 Å². The zero-order chi connectivity index (χ0) is 17.8. The van der Waals surface area contributed by atoms with Gasteiger partial charge in [-0.3, -0.25) is 9.78 Å². The number of anilines is 2. The Bertz CT molecular complexity index is 851. The number of pyridine rings is 1. The van der Waals surface area contributed by atoms with Gasteiger partial charge in [0.05, 0.1) is 10.8 Å². The average Bonchev–Trinajstić information content (AvgIpc) is 3.24. The molecule has 1 amide bonds. The highest BCUT2D eigenvalue weighted by atomic mass is 32.1. The molecule has 1 N–H and O–H groups in total. The van der Waals surface area contributed by atoms with Crippen molar-refractivity contribution in [1.29, 1.82) is 0 Å². The van der Waals surface area contributed by atoms with Crippen LogP contribution in [-0.4, -0.2) is 34.2 Å². The van der Waals surface area contributed by atoms with E-state index in [4.69, 9.17) is 0 Å². The Morgan fingerprint density at radius 1 is 1.15 bits per heavy atom. The van der Waals surface area contributed by atoms with Crippen LogP contribution >= 0.6 is 11.3 Å². The summed E-state index contributed by atoms with van der Waals surface area (Å²) in [5.74, 6) is 0.812. The molecule has 4 rings (SSSR count). The molecule has 26 heavy (non-hydrogen) atoms. The quantitative estimate of drug-likeness (QED) is 0.767. The van der Waals surface area contributed by atoms with Crippen LogP contribution in [0.2, 0.25) is 0 Å². The molecule has 0 aliphatic carbocycles. The highest BCUT2D eigenvalue weighted by molar-refractivity contribution is 7.13. The second-order valence-electron chi connectivity index (χ2n) is 6.26. The van der Waals surface area contributed by atoms with Crippen LogP contribution in [0.1, 0.15) is 12.8 Å². The maximum Gasteiger partial charge on any atom is 0.229 e. The Labute approximate surface area is 155 Å². The van der Waals surface area contributed by atoms with Gasteiger partial charge in [0.15, 0.2) is 5.82 Å². The maximum absolute atomic E-state index is 12.6. The van der Waals surface area contributed by atoms with Gasteiger partial charge >= 0.3 is 0 Å². The first-order valence-corrected chi connectivity index (χ1v) is 9.51. The summed E-state index contributed by atoms with van der Waals surface area (Å²) >= 11 is 1.65. The van der Waals surface area contributed by atoms with Crippen molar-refractivity contribution in [2.45, 2.75) is 12.8 Å². The molecule has 3 aromatic heterocycles. The third-order valence-electron chi connectivity index (χ3n) is 4.49. The van der Waals surface area contributed by atoms with Crippen molar-refractivity contribution in [3.05, 3.63) is 54.2 Å². The molecular formula is C19H19N5OS. The lowest BCUT2D eigenvalue weighted by molar-refractivity contribution is -0.120. The fraction of sp³-hybridized carbons (Fsp3) is 0.263. The Kier molecular flexibility index (Phi) is 4.88. The van der Waals surface area contributed by atoms with E-state index in [0.717, 1.165) is 41.5 Å². The van der Waals surface area contributed by atoms with Gasteiger partial charge in [-0.1, -0.05) is 6.07 Å². The fourth-order valence-corrected chi connectivity index (χ4v) is 3.82. The number of carbonyl (C=O) groups is 1. The molecule has 3 aromatic rings. The van der Waals surface area contributed by atoms with Crippen LogP contribution in [0.15, 0.2) is 54.2 Å². The van der Waals surface area contributed by atoms with Gasteiger partial charge in [-0.2, -0.15) is 0 Å². The summed E-state index contributed by atoms with van der Waals surface area (Å²) in [6.45, 7) is 1.55. The summed E-state index contributed by atoms with van der Waals surface area (Å²) in [5.41, 5.74) is 1.66. The third-order valence-corrected chi connectivity index (χ3v) is 5.38. The zero-order valence-electron chi connectivity index (χ0n) is 14.2. The van der Waals surface area contributed by atoms with Crippen molar-refractivity contribution in [3.8, 4) is 10.6 Å². The first-order valence-electron chi connectivity index (χ1n) is 8.63. The van der Waals surface area contributed by atoms with Crippen LogP contribution in [0.3, 0.4) is 0 Å². The van der Waals surface area contributed by atoms with E-state index < -0.39 is 0 Å². The number of thiophene rings is 1. The molecule has 6 nitrogen and oxygen atoms in total. The monoisotopic (exact) mass is 365 g/mol. The molecule has 0 saturated carbocycles. The van der Waals surface area contributed by atoms with E-state index in [1.54, 1.807) is 35.9 Å². The number of aromatic nitrogens is 3. The Balaban J connectivity index is 1.42. The van der Waals surface area contributed by atoms with Gasteiger partial charge in [0, 0.05) is 31.2 Å². The van der Waals surface area contributed by atoms with Crippen LogP contribution in [-0.2, 0) is 4.79 Å². The van der Waals surface area contributed by atoms with Gasteiger partial charge in [0.1, 0.15) is 5.69 Å². The molecule has 4 heterocycles. The van der Waals surface area contributed by atoms with E-state index in [9.17, 15) is 4.79 Å². The summed E-state index contributed by atoms with van der Waals surface area (Å²) in [5, 5.41) is 13.7. The zero-order valence-corrected chi connectivity index (χ0v) is 15.0. The smallest absolute Gasteiger partial charge is 0.229 e. The molecule has 0 aromatic carbocycles. The summed E-state index contributed by atoms with van der Waals surface area (Å²) < 4.78 is 0.